The van der Waals surface area contributed by atoms with Crippen molar-refractivity contribution in [3.8, 4) is 0 Å². The predicted molar refractivity (Wildman–Crippen MR) is 80.3 cm³/mol. The second-order valence-electron chi connectivity index (χ2n) is 6.93. The monoisotopic (exact) mass is 279 g/mol. The third-order valence-electron chi connectivity index (χ3n) is 5.39. The van der Waals surface area contributed by atoms with Crippen LogP contribution in [0.2, 0.25) is 0 Å². The number of nitrogens with zero attached hydrogens (tertiary/aromatic N) is 1. The van der Waals surface area contributed by atoms with Gasteiger partial charge in [0.1, 0.15) is 0 Å². The normalized spacial score (nSPS) is 29.8. The van der Waals surface area contributed by atoms with E-state index in [1.807, 2.05) is 0 Å². The highest BCUT2D eigenvalue weighted by molar-refractivity contribution is 5.77. The third kappa shape index (κ3) is 3.34. The van der Waals surface area contributed by atoms with E-state index >= 15 is 0 Å². The van der Waals surface area contributed by atoms with Crippen LogP contribution in [0.4, 0.5) is 0 Å². The fourth-order valence-corrected chi connectivity index (χ4v) is 4.18. The summed E-state index contributed by atoms with van der Waals surface area (Å²) in [5.74, 6) is 1.07. The van der Waals surface area contributed by atoms with Crippen LogP contribution >= 0.6 is 0 Å². The summed E-state index contributed by atoms with van der Waals surface area (Å²) in [5.41, 5.74) is 5.99. The fraction of sp³-hybridized carbons (Fsp3) is 0.938. The summed E-state index contributed by atoms with van der Waals surface area (Å²) in [4.78, 5) is 14.6. The maximum Gasteiger partial charge on any atom is 0.221 e. The number of amides is 1. The first-order chi connectivity index (χ1) is 9.78. The van der Waals surface area contributed by atoms with Crippen LogP contribution in [0.15, 0.2) is 0 Å². The molecule has 4 heteroatoms. The summed E-state index contributed by atoms with van der Waals surface area (Å²) in [7, 11) is 0. The Bertz CT molecular complexity index is 337. The Morgan fingerprint density at radius 2 is 1.90 bits per heavy atom. The van der Waals surface area contributed by atoms with E-state index in [1.54, 1.807) is 0 Å². The lowest BCUT2D eigenvalue weighted by Gasteiger charge is -2.35. The van der Waals surface area contributed by atoms with Gasteiger partial charge in [-0.2, -0.15) is 0 Å². The van der Waals surface area contributed by atoms with Crippen molar-refractivity contribution < 1.29 is 4.79 Å². The Morgan fingerprint density at radius 3 is 2.55 bits per heavy atom. The highest BCUT2D eigenvalue weighted by Gasteiger charge is 2.37. The Hall–Kier alpha value is -0.610. The minimum atomic E-state index is 0.208. The Kier molecular flexibility index (Phi) is 4.61. The lowest BCUT2D eigenvalue weighted by molar-refractivity contribution is -0.122. The minimum Gasteiger partial charge on any atom is -0.353 e. The van der Waals surface area contributed by atoms with Crippen molar-refractivity contribution >= 4 is 5.91 Å². The number of nitrogens with two attached hydrogens (primary N) is 1. The van der Waals surface area contributed by atoms with E-state index in [0.717, 1.165) is 25.3 Å². The molecule has 0 aromatic carbocycles. The Labute approximate surface area is 122 Å². The zero-order valence-electron chi connectivity index (χ0n) is 12.5. The van der Waals surface area contributed by atoms with E-state index in [4.69, 9.17) is 5.73 Å². The summed E-state index contributed by atoms with van der Waals surface area (Å²) >= 11 is 0. The fourth-order valence-electron chi connectivity index (χ4n) is 4.18. The zero-order chi connectivity index (χ0) is 13.9. The smallest absolute Gasteiger partial charge is 0.221 e. The van der Waals surface area contributed by atoms with Crippen molar-refractivity contribution in [2.24, 2.45) is 11.7 Å². The SMILES string of the molecule is NCC(CC(=O)NC1CC1)N1CCCC1C1CCCC1. The summed E-state index contributed by atoms with van der Waals surface area (Å²) in [6.07, 6.45) is 11.1. The molecule has 0 bridgehead atoms. The largest absolute Gasteiger partial charge is 0.353 e. The van der Waals surface area contributed by atoms with E-state index in [9.17, 15) is 4.79 Å². The molecule has 0 aromatic rings. The van der Waals surface area contributed by atoms with Gasteiger partial charge < -0.3 is 11.1 Å². The summed E-state index contributed by atoms with van der Waals surface area (Å²) in [5, 5.41) is 3.11. The molecule has 4 nitrogen and oxygen atoms in total. The topological polar surface area (TPSA) is 58.4 Å². The Balaban J connectivity index is 1.56. The van der Waals surface area contributed by atoms with Crippen LogP contribution in [-0.2, 0) is 4.79 Å². The maximum atomic E-state index is 12.1. The average Bonchev–Trinajstić information content (AvgIpc) is 2.96. The van der Waals surface area contributed by atoms with E-state index in [2.05, 4.69) is 10.2 Å². The van der Waals surface area contributed by atoms with Crippen LogP contribution in [0, 0.1) is 5.92 Å². The van der Waals surface area contributed by atoms with Crippen molar-refractivity contribution in [1.29, 1.82) is 0 Å². The van der Waals surface area contributed by atoms with Crippen LogP contribution in [0.3, 0.4) is 0 Å². The van der Waals surface area contributed by atoms with Gasteiger partial charge in [-0.05, 0) is 51.0 Å². The molecule has 1 amide bonds. The molecule has 2 saturated carbocycles. The van der Waals surface area contributed by atoms with E-state index < -0.39 is 0 Å². The van der Waals surface area contributed by atoms with E-state index in [-0.39, 0.29) is 11.9 Å². The first-order valence-electron chi connectivity index (χ1n) is 8.53. The molecule has 2 atom stereocenters. The number of hydrogen-bond acceptors (Lipinski definition) is 3. The molecule has 3 aliphatic rings. The molecular formula is C16H29N3O. The van der Waals surface area contributed by atoms with Gasteiger partial charge in [-0.1, -0.05) is 12.8 Å². The van der Waals surface area contributed by atoms with Gasteiger partial charge in [0.05, 0.1) is 0 Å². The van der Waals surface area contributed by atoms with Gasteiger partial charge in [-0.15, -0.1) is 0 Å². The average molecular weight is 279 g/mol. The molecule has 1 aliphatic heterocycles. The Morgan fingerprint density at radius 1 is 1.15 bits per heavy atom. The molecule has 1 saturated heterocycles. The third-order valence-corrected chi connectivity index (χ3v) is 5.39. The molecule has 3 fully saturated rings. The molecule has 2 aliphatic carbocycles. The second-order valence-corrected chi connectivity index (χ2v) is 6.93. The number of carbonyl (C=O) groups is 1. The number of carbonyl (C=O) groups excluding carboxylic acids is 1. The highest BCUT2D eigenvalue weighted by Crippen LogP contribution is 2.36. The maximum absolute atomic E-state index is 12.1. The number of nitrogens with one attached hydrogen (secondary N) is 1. The van der Waals surface area contributed by atoms with Gasteiger partial charge in [0.15, 0.2) is 0 Å². The number of rotatable bonds is 6. The predicted octanol–water partition coefficient (Wildman–Crippen LogP) is 1.64. The first kappa shape index (κ1) is 14.3. The molecule has 0 aromatic heterocycles. The van der Waals surface area contributed by atoms with E-state index in [1.165, 1.54) is 38.5 Å². The molecule has 114 valence electrons. The lowest BCUT2D eigenvalue weighted by Crippen LogP contribution is -2.48. The second kappa shape index (κ2) is 6.44. The van der Waals surface area contributed by atoms with Gasteiger partial charge in [0.25, 0.3) is 0 Å². The minimum absolute atomic E-state index is 0.208. The highest BCUT2D eigenvalue weighted by atomic mass is 16.1. The molecule has 0 spiro atoms. The molecule has 1 heterocycles. The van der Waals surface area contributed by atoms with Crippen LogP contribution in [-0.4, -0.2) is 42.0 Å². The van der Waals surface area contributed by atoms with Crippen molar-refractivity contribution in [3.63, 3.8) is 0 Å². The molecular weight excluding hydrogens is 250 g/mol. The molecule has 3 rings (SSSR count). The van der Waals surface area contributed by atoms with Crippen LogP contribution < -0.4 is 11.1 Å². The van der Waals surface area contributed by atoms with Crippen molar-refractivity contribution in [3.05, 3.63) is 0 Å². The number of likely N-dealkylation sites (tertiary alicyclic amines) is 1. The standard InChI is InChI=1S/C16H29N3O/c17-11-14(10-16(20)18-13-7-8-13)19-9-3-6-15(19)12-4-1-2-5-12/h12-15H,1-11,17H2,(H,18,20). The van der Waals surface area contributed by atoms with Gasteiger partial charge in [-0.3, -0.25) is 9.69 Å². The van der Waals surface area contributed by atoms with Gasteiger partial charge >= 0.3 is 0 Å². The van der Waals surface area contributed by atoms with Crippen LogP contribution in [0.1, 0.15) is 57.8 Å². The first-order valence-corrected chi connectivity index (χ1v) is 8.53. The zero-order valence-corrected chi connectivity index (χ0v) is 12.5. The van der Waals surface area contributed by atoms with Crippen molar-refractivity contribution in [2.45, 2.75) is 75.9 Å². The molecule has 0 radical (unpaired) electrons. The van der Waals surface area contributed by atoms with Gasteiger partial charge in [0.2, 0.25) is 5.91 Å². The summed E-state index contributed by atoms with van der Waals surface area (Å²) in [6.45, 7) is 1.75. The molecule has 20 heavy (non-hydrogen) atoms. The quantitative estimate of drug-likeness (QED) is 0.777. The lowest BCUT2D eigenvalue weighted by atomic mass is 9.94. The van der Waals surface area contributed by atoms with Gasteiger partial charge in [0, 0.05) is 31.1 Å². The van der Waals surface area contributed by atoms with Crippen LogP contribution in [0.25, 0.3) is 0 Å². The summed E-state index contributed by atoms with van der Waals surface area (Å²) < 4.78 is 0. The van der Waals surface area contributed by atoms with Crippen molar-refractivity contribution in [2.75, 3.05) is 13.1 Å². The van der Waals surface area contributed by atoms with Gasteiger partial charge in [-0.25, -0.2) is 0 Å². The molecule has 2 unspecified atom stereocenters. The molecule has 3 N–H and O–H groups in total. The van der Waals surface area contributed by atoms with Crippen LogP contribution in [0.5, 0.6) is 0 Å². The van der Waals surface area contributed by atoms with E-state index in [0.29, 0.717) is 25.0 Å². The number of hydrogen-bond donors (Lipinski definition) is 2. The summed E-state index contributed by atoms with van der Waals surface area (Å²) in [6, 6.07) is 1.41. The van der Waals surface area contributed by atoms with Crippen molar-refractivity contribution in [1.82, 2.24) is 10.2 Å².